The van der Waals surface area contributed by atoms with Crippen LogP contribution in [0.15, 0.2) is 0 Å². The highest BCUT2D eigenvalue weighted by atomic mass is 16.4. The molecule has 0 aromatic rings. The minimum Gasteiger partial charge on any atom is -0.479 e. The van der Waals surface area contributed by atoms with Crippen molar-refractivity contribution in [2.24, 2.45) is 17.5 Å². The van der Waals surface area contributed by atoms with E-state index in [0.717, 1.165) is 0 Å². The first-order chi connectivity index (χ1) is 4.45. The topological polar surface area (TPSA) is 101 Å². The molecule has 0 aliphatic rings. The predicted octanol–water partition coefficient (Wildman–Crippen LogP) is -1.15. The second kappa shape index (κ2) is 2.96. The van der Waals surface area contributed by atoms with Crippen LogP contribution in [0.2, 0.25) is 0 Å². The van der Waals surface area contributed by atoms with Crippen LogP contribution < -0.4 is 17.0 Å². The van der Waals surface area contributed by atoms with Gasteiger partial charge in [0, 0.05) is 0 Å². The minimum absolute atomic E-state index is 0.255. The van der Waals surface area contributed by atoms with Gasteiger partial charge in [0.05, 0.1) is 0 Å². The quantitative estimate of drug-likeness (QED) is 0.229. The molecular formula is C5H13N3O2. The van der Waals surface area contributed by atoms with Crippen LogP contribution in [0.25, 0.3) is 0 Å². The average Bonchev–Trinajstić information content (AvgIpc) is 1.85. The maximum Gasteiger partial charge on any atom is 0.340 e. The molecule has 10 heavy (non-hydrogen) atoms. The van der Waals surface area contributed by atoms with Crippen LogP contribution >= 0.6 is 0 Å². The number of carboxylic acids is 1. The Bertz CT molecular complexity index is 137. The molecule has 0 unspecified atom stereocenters. The van der Waals surface area contributed by atoms with E-state index in [0.29, 0.717) is 0 Å². The Morgan fingerprint density at radius 2 is 2.10 bits per heavy atom. The van der Waals surface area contributed by atoms with Crippen molar-refractivity contribution in [3.05, 3.63) is 0 Å². The molecular weight excluding hydrogens is 134 g/mol. The zero-order valence-corrected chi connectivity index (χ0v) is 6.09. The highest BCUT2D eigenvalue weighted by Gasteiger charge is 2.35. The summed E-state index contributed by atoms with van der Waals surface area (Å²) in [6.07, 6.45) is 0. The normalized spacial score (nSPS) is 16.9. The van der Waals surface area contributed by atoms with Gasteiger partial charge in [-0.25, -0.2) is 10.2 Å². The summed E-state index contributed by atoms with van der Waals surface area (Å²) in [6, 6.07) is 0. The van der Waals surface area contributed by atoms with Crippen LogP contribution in [0.1, 0.15) is 13.8 Å². The van der Waals surface area contributed by atoms with E-state index >= 15 is 0 Å². The summed E-state index contributed by atoms with van der Waals surface area (Å²) < 4.78 is 0. The summed E-state index contributed by atoms with van der Waals surface area (Å²) >= 11 is 0. The molecule has 0 radical (unpaired) electrons. The Kier molecular flexibility index (Phi) is 2.77. The van der Waals surface area contributed by atoms with Gasteiger partial charge in [-0.1, -0.05) is 13.8 Å². The lowest BCUT2D eigenvalue weighted by molar-refractivity contribution is -0.146. The molecule has 1 atom stereocenters. The predicted molar refractivity (Wildman–Crippen MR) is 36.7 cm³/mol. The number of carboxylic acid groups (broad SMARTS) is 1. The van der Waals surface area contributed by atoms with Crippen molar-refractivity contribution < 1.29 is 9.90 Å². The monoisotopic (exact) mass is 147 g/mol. The van der Waals surface area contributed by atoms with Crippen LogP contribution in [0, 0.1) is 5.92 Å². The molecule has 5 heteroatoms. The fraction of sp³-hybridized carbons (Fsp3) is 0.800. The summed E-state index contributed by atoms with van der Waals surface area (Å²) in [5, 5.41) is 8.54. The van der Waals surface area contributed by atoms with Gasteiger partial charge in [0.15, 0.2) is 5.66 Å². The Morgan fingerprint density at radius 3 is 2.10 bits per heavy atom. The van der Waals surface area contributed by atoms with Crippen LogP contribution in [-0.2, 0) is 4.79 Å². The highest BCUT2D eigenvalue weighted by molar-refractivity contribution is 5.78. The molecule has 6 N–H and O–H groups in total. The Hall–Kier alpha value is -0.650. The first kappa shape index (κ1) is 9.35. The van der Waals surface area contributed by atoms with Crippen molar-refractivity contribution in [1.29, 1.82) is 0 Å². The molecule has 0 rings (SSSR count). The summed E-state index contributed by atoms with van der Waals surface area (Å²) in [4.78, 5) is 10.4. The zero-order valence-electron chi connectivity index (χ0n) is 6.09. The molecule has 0 saturated heterocycles. The van der Waals surface area contributed by atoms with Gasteiger partial charge in [-0.3, -0.25) is 5.84 Å². The maximum atomic E-state index is 10.4. The molecule has 0 fully saturated rings. The summed E-state index contributed by atoms with van der Waals surface area (Å²) in [5.41, 5.74) is 5.89. The molecule has 0 aromatic heterocycles. The molecule has 0 bridgehead atoms. The average molecular weight is 147 g/mol. The molecule has 0 spiro atoms. The van der Waals surface area contributed by atoms with Crippen LogP contribution in [0.5, 0.6) is 0 Å². The van der Waals surface area contributed by atoms with Crippen molar-refractivity contribution >= 4 is 5.97 Å². The number of rotatable bonds is 3. The standard InChI is InChI=1S/C5H13N3O2/c1-3(2)5(6,8-7)4(9)10/h3,8H,6-7H2,1-2H3,(H,9,10)/t5-/m1/s1. The summed E-state index contributed by atoms with van der Waals surface area (Å²) in [5.74, 6) is 3.55. The molecule has 0 saturated carbocycles. The fourth-order valence-electron chi connectivity index (χ4n) is 0.475. The first-order valence-electron chi connectivity index (χ1n) is 2.95. The lowest BCUT2D eigenvalue weighted by atomic mass is 9.98. The van der Waals surface area contributed by atoms with Gasteiger partial charge in [0.25, 0.3) is 0 Å². The second-order valence-electron chi connectivity index (χ2n) is 2.47. The van der Waals surface area contributed by atoms with E-state index in [-0.39, 0.29) is 5.92 Å². The molecule has 0 aliphatic carbocycles. The third-order valence-corrected chi connectivity index (χ3v) is 1.50. The SMILES string of the molecule is CC(C)[C@@](N)(NN)C(=O)O. The number of carbonyl (C=O) groups is 1. The van der Waals surface area contributed by atoms with Gasteiger partial charge in [-0.2, -0.15) is 0 Å². The van der Waals surface area contributed by atoms with Gasteiger partial charge in [-0.15, -0.1) is 0 Å². The third-order valence-electron chi connectivity index (χ3n) is 1.50. The first-order valence-corrected chi connectivity index (χ1v) is 2.95. The molecule has 0 amide bonds. The van der Waals surface area contributed by atoms with Gasteiger partial charge in [0.2, 0.25) is 0 Å². The molecule has 0 aromatic carbocycles. The van der Waals surface area contributed by atoms with E-state index in [1.807, 2.05) is 0 Å². The van der Waals surface area contributed by atoms with Crippen molar-refractivity contribution in [2.45, 2.75) is 19.5 Å². The summed E-state index contributed by atoms with van der Waals surface area (Å²) in [6.45, 7) is 3.35. The number of aliphatic carboxylic acids is 1. The molecule has 5 nitrogen and oxygen atoms in total. The maximum absolute atomic E-state index is 10.4. The number of hydrogen-bond acceptors (Lipinski definition) is 4. The van der Waals surface area contributed by atoms with Crippen molar-refractivity contribution in [3.8, 4) is 0 Å². The van der Waals surface area contributed by atoms with E-state index in [1.165, 1.54) is 0 Å². The van der Waals surface area contributed by atoms with Crippen LogP contribution in [0.4, 0.5) is 0 Å². The second-order valence-corrected chi connectivity index (χ2v) is 2.47. The lowest BCUT2D eigenvalue weighted by Crippen LogP contribution is -2.65. The Morgan fingerprint density at radius 1 is 1.70 bits per heavy atom. The number of nitrogens with two attached hydrogens (primary N) is 2. The molecule has 0 aliphatic heterocycles. The number of hydrogen-bond donors (Lipinski definition) is 4. The fourth-order valence-corrected chi connectivity index (χ4v) is 0.475. The van der Waals surface area contributed by atoms with Crippen LogP contribution in [-0.4, -0.2) is 16.7 Å². The Labute approximate surface area is 59.4 Å². The van der Waals surface area contributed by atoms with Gasteiger partial charge in [-0.05, 0) is 5.92 Å². The summed E-state index contributed by atoms with van der Waals surface area (Å²) in [7, 11) is 0. The van der Waals surface area contributed by atoms with Crippen LogP contribution in [0.3, 0.4) is 0 Å². The Balaban J connectivity index is 4.38. The van der Waals surface area contributed by atoms with Gasteiger partial charge >= 0.3 is 5.97 Å². The third kappa shape index (κ3) is 1.44. The lowest BCUT2D eigenvalue weighted by Gasteiger charge is -2.27. The van der Waals surface area contributed by atoms with E-state index in [9.17, 15) is 4.79 Å². The van der Waals surface area contributed by atoms with Crippen molar-refractivity contribution in [2.75, 3.05) is 0 Å². The molecule has 60 valence electrons. The zero-order chi connectivity index (χ0) is 8.36. The molecule has 0 heterocycles. The van der Waals surface area contributed by atoms with E-state index in [2.05, 4.69) is 5.43 Å². The highest BCUT2D eigenvalue weighted by Crippen LogP contribution is 2.08. The van der Waals surface area contributed by atoms with E-state index in [4.69, 9.17) is 16.7 Å². The number of hydrazine groups is 1. The largest absolute Gasteiger partial charge is 0.479 e. The van der Waals surface area contributed by atoms with Gasteiger partial charge in [0.1, 0.15) is 0 Å². The van der Waals surface area contributed by atoms with Crippen molar-refractivity contribution in [3.63, 3.8) is 0 Å². The van der Waals surface area contributed by atoms with E-state index in [1.54, 1.807) is 13.8 Å². The van der Waals surface area contributed by atoms with Gasteiger partial charge < -0.3 is 10.8 Å². The van der Waals surface area contributed by atoms with E-state index < -0.39 is 11.6 Å². The minimum atomic E-state index is -1.51. The smallest absolute Gasteiger partial charge is 0.340 e. The van der Waals surface area contributed by atoms with Crippen molar-refractivity contribution in [1.82, 2.24) is 5.43 Å². The number of nitrogens with one attached hydrogen (secondary N) is 1.